The highest BCUT2D eigenvalue weighted by Gasteiger charge is 2.30. The summed E-state index contributed by atoms with van der Waals surface area (Å²) < 4.78 is 42.5. The Morgan fingerprint density at radius 2 is 1.79 bits per heavy atom. The SMILES string of the molecule is O=C(COC(=O)c1cccc(O)c1)Nc1cccc(C(F)(F)F)c1. The van der Waals surface area contributed by atoms with Crippen molar-refractivity contribution in [2.45, 2.75) is 6.18 Å². The van der Waals surface area contributed by atoms with Gasteiger partial charge in [0.2, 0.25) is 0 Å². The van der Waals surface area contributed by atoms with Crippen LogP contribution in [-0.4, -0.2) is 23.6 Å². The lowest BCUT2D eigenvalue weighted by molar-refractivity contribution is -0.137. The highest BCUT2D eigenvalue weighted by Crippen LogP contribution is 2.30. The molecule has 0 bridgehead atoms. The Kier molecular flexibility index (Phi) is 5.08. The normalized spacial score (nSPS) is 11.0. The topological polar surface area (TPSA) is 75.6 Å². The predicted molar refractivity (Wildman–Crippen MR) is 78.5 cm³/mol. The van der Waals surface area contributed by atoms with E-state index >= 15 is 0 Å². The van der Waals surface area contributed by atoms with E-state index in [9.17, 15) is 27.9 Å². The minimum atomic E-state index is -4.53. The molecule has 0 atom stereocenters. The van der Waals surface area contributed by atoms with Crippen LogP contribution in [0.4, 0.5) is 18.9 Å². The summed E-state index contributed by atoms with van der Waals surface area (Å²) >= 11 is 0. The van der Waals surface area contributed by atoms with E-state index in [4.69, 9.17) is 4.74 Å². The lowest BCUT2D eigenvalue weighted by atomic mass is 10.2. The van der Waals surface area contributed by atoms with Gasteiger partial charge in [0.05, 0.1) is 11.1 Å². The summed E-state index contributed by atoms with van der Waals surface area (Å²) in [7, 11) is 0. The molecule has 5 nitrogen and oxygen atoms in total. The molecule has 0 fully saturated rings. The van der Waals surface area contributed by atoms with Crippen molar-refractivity contribution in [2.75, 3.05) is 11.9 Å². The number of carbonyl (C=O) groups excluding carboxylic acids is 2. The van der Waals surface area contributed by atoms with E-state index in [0.717, 1.165) is 24.3 Å². The number of benzene rings is 2. The molecule has 2 N–H and O–H groups in total. The summed E-state index contributed by atoms with van der Waals surface area (Å²) in [6, 6.07) is 9.40. The molecule has 0 heterocycles. The van der Waals surface area contributed by atoms with E-state index in [-0.39, 0.29) is 17.0 Å². The summed E-state index contributed by atoms with van der Waals surface area (Å²) in [6.07, 6.45) is -4.53. The second-order valence-electron chi connectivity index (χ2n) is 4.75. The Morgan fingerprint density at radius 1 is 1.08 bits per heavy atom. The van der Waals surface area contributed by atoms with Crippen molar-refractivity contribution in [3.63, 3.8) is 0 Å². The lowest BCUT2D eigenvalue weighted by Gasteiger charge is -2.10. The number of anilines is 1. The van der Waals surface area contributed by atoms with Gasteiger partial charge in [0, 0.05) is 5.69 Å². The van der Waals surface area contributed by atoms with E-state index in [1.807, 2.05) is 0 Å². The van der Waals surface area contributed by atoms with Crippen molar-refractivity contribution in [1.82, 2.24) is 0 Å². The van der Waals surface area contributed by atoms with Gasteiger partial charge in [-0.3, -0.25) is 4.79 Å². The van der Waals surface area contributed by atoms with E-state index in [1.54, 1.807) is 0 Å². The van der Waals surface area contributed by atoms with Gasteiger partial charge >= 0.3 is 12.1 Å². The van der Waals surface area contributed by atoms with Crippen LogP contribution in [-0.2, 0) is 15.7 Å². The molecule has 0 aliphatic carbocycles. The van der Waals surface area contributed by atoms with Crippen LogP contribution in [0, 0.1) is 0 Å². The molecule has 2 aromatic rings. The molecule has 24 heavy (non-hydrogen) atoms. The number of halogens is 3. The predicted octanol–water partition coefficient (Wildman–Crippen LogP) is 3.21. The van der Waals surface area contributed by atoms with Crippen LogP contribution in [0.5, 0.6) is 5.75 Å². The van der Waals surface area contributed by atoms with Gasteiger partial charge in [-0.2, -0.15) is 13.2 Å². The number of esters is 1. The van der Waals surface area contributed by atoms with Crippen molar-refractivity contribution >= 4 is 17.6 Å². The second-order valence-corrected chi connectivity index (χ2v) is 4.75. The first-order chi connectivity index (χ1) is 11.3. The average molecular weight is 339 g/mol. The number of amides is 1. The monoisotopic (exact) mass is 339 g/mol. The molecule has 1 amide bonds. The molecule has 2 rings (SSSR count). The minimum absolute atomic E-state index is 0.0434. The van der Waals surface area contributed by atoms with Crippen LogP contribution in [0.15, 0.2) is 48.5 Å². The molecule has 0 aromatic heterocycles. The zero-order valence-corrected chi connectivity index (χ0v) is 12.1. The van der Waals surface area contributed by atoms with Crippen LogP contribution in [0.3, 0.4) is 0 Å². The molecule has 2 aromatic carbocycles. The smallest absolute Gasteiger partial charge is 0.416 e. The lowest BCUT2D eigenvalue weighted by Crippen LogP contribution is -2.21. The van der Waals surface area contributed by atoms with E-state index in [2.05, 4.69) is 5.32 Å². The quantitative estimate of drug-likeness (QED) is 0.839. The zero-order chi connectivity index (χ0) is 17.7. The van der Waals surface area contributed by atoms with Gasteiger partial charge in [-0.05, 0) is 36.4 Å². The fourth-order valence-electron chi connectivity index (χ4n) is 1.82. The Bertz CT molecular complexity index is 759. The highest BCUT2D eigenvalue weighted by molar-refractivity contribution is 5.95. The number of phenols is 1. The average Bonchev–Trinajstić information content (AvgIpc) is 2.52. The molecule has 0 radical (unpaired) electrons. The third-order valence-electron chi connectivity index (χ3n) is 2.89. The summed E-state index contributed by atoms with van der Waals surface area (Å²) in [4.78, 5) is 23.3. The van der Waals surface area contributed by atoms with Crippen LogP contribution >= 0.6 is 0 Å². The Labute approximate surface area is 134 Å². The zero-order valence-electron chi connectivity index (χ0n) is 12.1. The fourth-order valence-corrected chi connectivity index (χ4v) is 1.82. The van der Waals surface area contributed by atoms with Crippen molar-refractivity contribution in [1.29, 1.82) is 0 Å². The Hall–Kier alpha value is -3.03. The number of alkyl halides is 3. The van der Waals surface area contributed by atoms with Crippen LogP contribution in [0.25, 0.3) is 0 Å². The number of ether oxygens (including phenoxy) is 1. The molecule has 0 unspecified atom stereocenters. The van der Waals surface area contributed by atoms with Gasteiger partial charge in [-0.1, -0.05) is 12.1 Å². The maximum absolute atomic E-state index is 12.6. The Balaban J connectivity index is 1.93. The van der Waals surface area contributed by atoms with Gasteiger partial charge in [0.1, 0.15) is 5.75 Å². The molecule has 0 saturated carbocycles. The standard InChI is InChI=1S/C16H12F3NO4/c17-16(18,19)11-4-2-5-12(8-11)20-14(22)9-24-15(23)10-3-1-6-13(21)7-10/h1-8,21H,9H2,(H,20,22). The first-order valence-electron chi connectivity index (χ1n) is 6.69. The maximum Gasteiger partial charge on any atom is 0.416 e. The number of rotatable bonds is 4. The highest BCUT2D eigenvalue weighted by atomic mass is 19.4. The van der Waals surface area contributed by atoms with E-state index < -0.39 is 30.2 Å². The summed E-state index contributed by atoms with van der Waals surface area (Å²) in [5.74, 6) is -1.77. The summed E-state index contributed by atoms with van der Waals surface area (Å²) in [6.45, 7) is -0.676. The van der Waals surface area contributed by atoms with Crippen molar-refractivity contribution in [2.24, 2.45) is 0 Å². The van der Waals surface area contributed by atoms with Gasteiger partial charge in [0.15, 0.2) is 6.61 Å². The third kappa shape index (κ3) is 4.73. The van der Waals surface area contributed by atoms with Crippen LogP contribution < -0.4 is 5.32 Å². The summed E-state index contributed by atoms with van der Waals surface area (Å²) in [5, 5.41) is 11.5. The number of nitrogens with one attached hydrogen (secondary N) is 1. The van der Waals surface area contributed by atoms with Crippen LogP contribution in [0.1, 0.15) is 15.9 Å². The molecular weight excluding hydrogens is 327 g/mol. The second kappa shape index (κ2) is 7.03. The van der Waals surface area contributed by atoms with Crippen molar-refractivity contribution in [3.05, 3.63) is 59.7 Å². The largest absolute Gasteiger partial charge is 0.508 e. The minimum Gasteiger partial charge on any atom is -0.508 e. The molecule has 126 valence electrons. The van der Waals surface area contributed by atoms with Gasteiger partial charge in [0.25, 0.3) is 5.91 Å². The molecule has 0 spiro atoms. The molecule has 0 aliphatic heterocycles. The third-order valence-corrected chi connectivity index (χ3v) is 2.89. The van der Waals surface area contributed by atoms with Gasteiger partial charge in [-0.25, -0.2) is 4.79 Å². The molecular formula is C16H12F3NO4. The molecule has 0 aliphatic rings. The number of carbonyl (C=O) groups is 2. The first-order valence-corrected chi connectivity index (χ1v) is 6.69. The van der Waals surface area contributed by atoms with Gasteiger partial charge < -0.3 is 15.2 Å². The Morgan fingerprint density at radius 3 is 2.46 bits per heavy atom. The number of hydrogen-bond donors (Lipinski definition) is 2. The first kappa shape index (κ1) is 17.3. The number of phenolic OH excluding ortho intramolecular Hbond substituents is 1. The van der Waals surface area contributed by atoms with E-state index in [0.29, 0.717) is 0 Å². The molecule has 8 heteroatoms. The summed E-state index contributed by atoms with van der Waals surface area (Å²) in [5.41, 5.74) is -0.929. The maximum atomic E-state index is 12.6. The number of aromatic hydroxyl groups is 1. The van der Waals surface area contributed by atoms with Gasteiger partial charge in [-0.15, -0.1) is 0 Å². The van der Waals surface area contributed by atoms with E-state index in [1.165, 1.54) is 24.3 Å². The van der Waals surface area contributed by atoms with Crippen molar-refractivity contribution < 1.29 is 32.6 Å². The van der Waals surface area contributed by atoms with Crippen LogP contribution in [0.2, 0.25) is 0 Å². The number of hydrogen-bond acceptors (Lipinski definition) is 4. The fraction of sp³-hybridized carbons (Fsp3) is 0.125. The van der Waals surface area contributed by atoms with Crippen molar-refractivity contribution in [3.8, 4) is 5.75 Å². The molecule has 0 saturated heterocycles.